The van der Waals surface area contributed by atoms with E-state index in [1.165, 1.54) is 25.6 Å². The fourth-order valence-corrected chi connectivity index (χ4v) is 2.89. The number of methoxy groups -OCH3 is 2. The topological polar surface area (TPSA) is 108 Å². The Bertz CT molecular complexity index is 1270. The number of fused-ring (bicyclic) bond motifs is 2. The van der Waals surface area contributed by atoms with Crippen LogP contribution in [0.25, 0.3) is 21.8 Å². The molecule has 8 nitrogen and oxygen atoms in total. The highest BCUT2D eigenvalue weighted by Crippen LogP contribution is 2.20. The minimum Gasteiger partial charge on any atom is -0.508 e. The highest BCUT2D eigenvalue weighted by atomic mass is 16.5. The summed E-state index contributed by atoms with van der Waals surface area (Å²) in [6.07, 6.45) is 2.94. The molecule has 0 saturated carbocycles. The predicted molar refractivity (Wildman–Crippen MR) is 119 cm³/mol. The number of nitrogens with zero attached hydrogens (tertiary/aromatic N) is 2. The van der Waals surface area contributed by atoms with Crippen molar-refractivity contribution in [1.82, 2.24) is 9.97 Å². The Morgan fingerprint density at radius 3 is 2.03 bits per heavy atom. The van der Waals surface area contributed by atoms with Gasteiger partial charge in [0.25, 0.3) is 0 Å². The van der Waals surface area contributed by atoms with Gasteiger partial charge in [0.1, 0.15) is 11.5 Å². The van der Waals surface area contributed by atoms with Crippen molar-refractivity contribution in [2.24, 2.45) is 0 Å². The predicted octanol–water partition coefficient (Wildman–Crippen LogP) is 4.15. The zero-order valence-corrected chi connectivity index (χ0v) is 17.9. The summed E-state index contributed by atoms with van der Waals surface area (Å²) in [6, 6.07) is 13.7. The zero-order valence-electron chi connectivity index (χ0n) is 17.9. The summed E-state index contributed by atoms with van der Waals surface area (Å²) >= 11 is 0. The van der Waals surface area contributed by atoms with Crippen LogP contribution in [0.1, 0.15) is 27.6 Å². The van der Waals surface area contributed by atoms with Crippen LogP contribution in [0.3, 0.4) is 0 Å². The molecule has 2 heterocycles. The summed E-state index contributed by atoms with van der Waals surface area (Å²) in [4.78, 5) is 31.0. The molecule has 0 amide bonds. The van der Waals surface area contributed by atoms with Gasteiger partial charge in [-0.3, -0.25) is 9.97 Å². The number of phenolic OH excluding ortho intramolecular Hbond substituents is 1. The zero-order chi connectivity index (χ0) is 23.1. The molecule has 4 rings (SSSR count). The van der Waals surface area contributed by atoms with Gasteiger partial charge in [-0.15, -0.1) is 0 Å². The number of carbonyl (C=O) groups is 2. The van der Waals surface area contributed by atoms with E-state index in [0.29, 0.717) is 23.3 Å². The fraction of sp³-hybridized carbons (Fsp3) is 0.167. The lowest BCUT2D eigenvalue weighted by atomic mass is 10.1. The third-order valence-electron chi connectivity index (χ3n) is 4.49. The standard InChI is InChI=1S/C13H13NO3.C11H9NO3/c1-3-17-13(15)10-6-9-4-5-11(16-2)7-12(9)14-8-10;1-15-11(14)8-4-7-2-3-9(13)5-10(7)12-6-8/h4-8H,3H2,1-2H3;2-6,13H,1H3. The number of aromatic hydroxyl groups is 1. The summed E-state index contributed by atoms with van der Waals surface area (Å²) in [6.45, 7) is 2.14. The van der Waals surface area contributed by atoms with Gasteiger partial charge in [-0.1, -0.05) is 0 Å². The second-order valence-corrected chi connectivity index (χ2v) is 6.60. The molecule has 0 spiro atoms. The molecule has 0 bridgehead atoms. The number of phenols is 1. The minimum atomic E-state index is -0.419. The van der Waals surface area contributed by atoms with Crippen LogP contribution in [0.15, 0.2) is 60.9 Å². The maximum Gasteiger partial charge on any atom is 0.339 e. The smallest absolute Gasteiger partial charge is 0.339 e. The van der Waals surface area contributed by atoms with E-state index in [1.807, 2.05) is 18.2 Å². The van der Waals surface area contributed by atoms with E-state index < -0.39 is 5.97 Å². The van der Waals surface area contributed by atoms with E-state index in [0.717, 1.165) is 22.0 Å². The Balaban J connectivity index is 0.000000182. The molecule has 4 aromatic rings. The fourth-order valence-electron chi connectivity index (χ4n) is 2.89. The Kier molecular flexibility index (Phi) is 7.17. The molecule has 0 aliphatic carbocycles. The number of rotatable bonds is 4. The number of ether oxygens (including phenoxy) is 3. The SMILES string of the molecule is CCOC(=O)c1cnc2cc(OC)ccc2c1.COC(=O)c1cnc2cc(O)ccc2c1. The van der Waals surface area contributed by atoms with Crippen LogP contribution < -0.4 is 4.74 Å². The maximum atomic E-state index is 11.5. The number of carbonyl (C=O) groups excluding carboxylic acids is 2. The molecule has 164 valence electrons. The minimum absolute atomic E-state index is 0.154. The molecule has 0 unspecified atom stereocenters. The van der Waals surface area contributed by atoms with Crippen LogP contribution in [0.5, 0.6) is 11.5 Å². The van der Waals surface area contributed by atoms with Gasteiger partial charge in [0.05, 0.1) is 43.0 Å². The normalized spacial score (nSPS) is 10.2. The molecular formula is C24H22N2O6. The molecule has 2 aromatic heterocycles. The lowest BCUT2D eigenvalue weighted by Gasteiger charge is -2.04. The second kappa shape index (κ2) is 10.2. The third-order valence-corrected chi connectivity index (χ3v) is 4.49. The van der Waals surface area contributed by atoms with Crippen molar-refractivity contribution < 1.29 is 28.9 Å². The molecule has 8 heteroatoms. The van der Waals surface area contributed by atoms with Crippen LogP contribution in [-0.2, 0) is 9.47 Å². The van der Waals surface area contributed by atoms with E-state index in [2.05, 4.69) is 14.7 Å². The molecule has 2 aromatic carbocycles. The molecule has 0 aliphatic heterocycles. The first-order valence-corrected chi connectivity index (χ1v) is 9.73. The molecule has 0 saturated heterocycles. The number of benzene rings is 2. The largest absolute Gasteiger partial charge is 0.508 e. The lowest BCUT2D eigenvalue weighted by molar-refractivity contribution is 0.0525. The molecular weight excluding hydrogens is 412 g/mol. The summed E-state index contributed by atoms with van der Waals surface area (Å²) in [5.41, 5.74) is 2.29. The Morgan fingerprint density at radius 2 is 1.44 bits per heavy atom. The van der Waals surface area contributed by atoms with Crippen molar-refractivity contribution in [2.45, 2.75) is 6.92 Å². The first-order valence-electron chi connectivity index (χ1n) is 9.73. The number of esters is 2. The quantitative estimate of drug-likeness (QED) is 0.477. The lowest BCUT2D eigenvalue weighted by Crippen LogP contribution is -2.04. The molecule has 0 atom stereocenters. The van der Waals surface area contributed by atoms with Crippen LogP contribution >= 0.6 is 0 Å². The van der Waals surface area contributed by atoms with Crippen molar-refractivity contribution >= 4 is 33.7 Å². The number of pyridine rings is 2. The van der Waals surface area contributed by atoms with Gasteiger partial charge in [-0.2, -0.15) is 0 Å². The summed E-state index contributed by atoms with van der Waals surface area (Å²) < 4.78 is 14.6. The Labute approximate surface area is 184 Å². The van der Waals surface area contributed by atoms with Crippen molar-refractivity contribution in [3.63, 3.8) is 0 Å². The summed E-state index contributed by atoms with van der Waals surface area (Å²) in [7, 11) is 2.93. The van der Waals surface area contributed by atoms with Gasteiger partial charge in [0.2, 0.25) is 0 Å². The highest BCUT2D eigenvalue weighted by Gasteiger charge is 2.08. The first kappa shape index (κ1) is 22.5. The van der Waals surface area contributed by atoms with Crippen LogP contribution in [-0.4, -0.2) is 47.8 Å². The average molecular weight is 434 g/mol. The van der Waals surface area contributed by atoms with Crippen molar-refractivity contribution in [2.75, 3.05) is 20.8 Å². The van der Waals surface area contributed by atoms with Crippen LogP contribution in [0.2, 0.25) is 0 Å². The van der Waals surface area contributed by atoms with E-state index in [9.17, 15) is 14.7 Å². The van der Waals surface area contributed by atoms with Gasteiger partial charge in [-0.25, -0.2) is 9.59 Å². The molecule has 0 radical (unpaired) electrons. The summed E-state index contributed by atoms with van der Waals surface area (Å²) in [5.74, 6) is 0.130. The van der Waals surface area contributed by atoms with Crippen molar-refractivity contribution in [3.8, 4) is 11.5 Å². The molecule has 32 heavy (non-hydrogen) atoms. The van der Waals surface area contributed by atoms with E-state index in [1.54, 1.807) is 38.3 Å². The first-order chi connectivity index (χ1) is 15.4. The maximum absolute atomic E-state index is 11.5. The van der Waals surface area contributed by atoms with Crippen LogP contribution in [0, 0.1) is 0 Å². The Morgan fingerprint density at radius 1 is 0.844 bits per heavy atom. The van der Waals surface area contributed by atoms with E-state index in [4.69, 9.17) is 9.47 Å². The van der Waals surface area contributed by atoms with Gasteiger partial charge in [-0.05, 0) is 43.3 Å². The average Bonchev–Trinajstić information content (AvgIpc) is 2.83. The van der Waals surface area contributed by atoms with Crippen molar-refractivity contribution in [3.05, 3.63) is 72.1 Å². The van der Waals surface area contributed by atoms with Crippen LogP contribution in [0.4, 0.5) is 0 Å². The molecule has 1 N–H and O–H groups in total. The third kappa shape index (κ3) is 5.28. The van der Waals surface area contributed by atoms with Gasteiger partial charge < -0.3 is 19.3 Å². The number of hydrogen-bond acceptors (Lipinski definition) is 8. The van der Waals surface area contributed by atoms with Crippen molar-refractivity contribution in [1.29, 1.82) is 0 Å². The summed E-state index contributed by atoms with van der Waals surface area (Å²) in [5, 5.41) is 10.9. The second-order valence-electron chi connectivity index (χ2n) is 6.60. The molecule has 0 fully saturated rings. The molecule has 0 aliphatic rings. The number of aromatic nitrogens is 2. The van der Waals surface area contributed by atoms with Gasteiger partial charge in [0, 0.05) is 35.3 Å². The Hall–Kier alpha value is -4.20. The van der Waals surface area contributed by atoms with E-state index >= 15 is 0 Å². The monoisotopic (exact) mass is 434 g/mol. The van der Waals surface area contributed by atoms with Gasteiger partial charge in [0.15, 0.2) is 0 Å². The highest BCUT2D eigenvalue weighted by molar-refractivity contribution is 5.94. The number of hydrogen-bond donors (Lipinski definition) is 1. The van der Waals surface area contributed by atoms with E-state index in [-0.39, 0.29) is 11.7 Å². The van der Waals surface area contributed by atoms with Gasteiger partial charge >= 0.3 is 11.9 Å².